The first-order chi connectivity index (χ1) is 20.6. The minimum Gasteiger partial charge on any atom is -0.454 e. The summed E-state index contributed by atoms with van der Waals surface area (Å²) in [6, 6.07) is 16.5. The van der Waals surface area contributed by atoms with Gasteiger partial charge in [-0.25, -0.2) is 9.78 Å². The molecule has 0 radical (unpaired) electrons. The minimum absolute atomic E-state index is 0.190. The van der Waals surface area contributed by atoms with Gasteiger partial charge in [-0.2, -0.15) is 0 Å². The number of imide groups is 1. The Kier molecular flexibility index (Phi) is 7.94. The summed E-state index contributed by atoms with van der Waals surface area (Å²) in [5.74, 6) is -2.11. The maximum atomic E-state index is 13.4. The molecule has 0 spiro atoms. The molecule has 1 saturated heterocycles. The fourth-order valence-electron chi connectivity index (χ4n) is 5.54. The van der Waals surface area contributed by atoms with Crippen molar-refractivity contribution < 1.29 is 23.9 Å². The minimum atomic E-state index is -0.703. The summed E-state index contributed by atoms with van der Waals surface area (Å²) in [5, 5.41) is 1.44. The normalized spacial score (nSPS) is 17.8. The number of fused-ring (bicyclic) bond motifs is 2. The van der Waals surface area contributed by atoms with Crippen molar-refractivity contribution in [3.05, 3.63) is 104 Å². The Hall–Kier alpha value is -3.85. The molecule has 216 valence electrons. The summed E-state index contributed by atoms with van der Waals surface area (Å²) >= 11 is 15.9. The Morgan fingerprint density at radius 2 is 1.58 bits per heavy atom. The van der Waals surface area contributed by atoms with E-state index in [1.165, 1.54) is 4.90 Å². The van der Waals surface area contributed by atoms with Crippen LogP contribution in [-0.4, -0.2) is 35.2 Å². The Morgan fingerprint density at radius 1 is 0.953 bits per heavy atom. The van der Waals surface area contributed by atoms with Crippen molar-refractivity contribution >= 4 is 79.3 Å². The summed E-state index contributed by atoms with van der Waals surface area (Å²) in [6.45, 7) is 1.34. The van der Waals surface area contributed by atoms with Crippen LogP contribution in [0, 0.1) is 18.8 Å². The van der Waals surface area contributed by atoms with Gasteiger partial charge in [0, 0.05) is 26.0 Å². The average molecular weight is 678 g/mol. The first-order valence-electron chi connectivity index (χ1n) is 13.5. The third-order valence-corrected chi connectivity index (χ3v) is 9.47. The predicted molar refractivity (Wildman–Crippen MR) is 169 cm³/mol. The zero-order valence-electron chi connectivity index (χ0n) is 22.8. The molecule has 1 aliphatic carbocycles. The number of Topliss-reactive ketones (excluding diaryl/α,β-unsaturated/α-hetero) is 1. The molecule has 43 heavy (non-hydrogen) atoms. The number of rotatable bonds is 6. The third-order valence-electron chi connectivity index (χ3n) is 7.87. The molecule has 4 aromatic rings. The van der Waals surface area contributed by atoms with Crippen molar-refractivity contribution in [3.8, 4) is 11.3 Å². The number of pyridine rings is 1. The van der Waals surface area contributed by atoms with Gasteiger partial charge < -0.3 is 4.74 Å². The number of ether oxygens (including phenoxy) is 1. The zero-order chi connectivity index (χ0) is 30.4. The van der Waals surface area contributed by atoms with Crippen molar-refractivity contribution in [1.29, 1.82) is 0 Å². The molecule has 0 N–H and O–H groups in total. The number of anilines is 1. The maximum absolute atomic E-state index is 13.4. The van der Waals surface area contributed by atoms with Crippen LogP contribution in [0.4, 0.5) is 5.69 Å². The molecule has 1 aromatic heterocycles. The third kappa shape index (κ3) is 5.39. The van der Waals surface area contributed by atoms with Gasteiger partial charge in [-0.05, 0) is 89.8 Å². The number of aryl methyl sites for hydroxylation is 1. The monoisotopic (exact) mass is 676 g/mol. The van der Waals surface area contributed by atoms with E-state index in [0.717, 1.165) is 0 Å². The summed E-state index contributed by atoms with van der Waals surface area (Å²) in [4.78, 5) is 58.2. The van der Waals surface area contributed by atoms with E-state index >= 15 is 0 Å². The number of hydrogen-bond donors (Lipinski definition) is 0. The van der Waals surface area contributed by atoms with E-state index in [1.54, 1.807) is 67.6 Å². The smallest absolute Gasteiger partial charge is 0.339 e. The molecular weight excluding hydrogens is 655 g/mol. The van der Waals surface area contributed by atoms with E-state index in [0.29, 0.717) is 66.3 Å². The second-order valence-corrected chi connectivity index (χ2v) is 12.1. The molecule has 2 unspecified atom stereocenters. The first kappa shape index (κ1) is 29.2. The number of carbonyl (C=O) groups is 4. The molecule has 6 rings (SSSR count). The van der Waals surface area contributed by atoms with Gasteiger partial charge in [-0.3, -0.25) is 19.3 Å². The molecular formula is C33H23BrCl2N2O5. The topological polar surface area (TPSA) is 93.6 Å². The van der Waals surface area contributed by atoms with E-state index in [-0.39, 0.29) is 35.0 Å². The van der Waals surface area contributed by atoms with Crippen molar-refractivity contribution in [2.75, 3.05) is 11.5 Å². The molecule has 2 amide bonds. The number of esters is 1. The maximum Gasteiger partial charge on any atom is 0.339 e. The lowest BCUT2D eigenvalue weighted by Gasteiger charge is -2.16. The predicted octanol–water partition coefficient (Wildman–Crippen LogP) is 7.77. The molecule has 2 atom stereocenters. The van der Waals surface area contributed by atoms with Gasteiger partial charge in [0.05, 0.1) is 39.3 Å². The molecule has 7 nitrogen and oxygen atoms in total. The van der Waals surface area contributed by atoms with Crippen molar-refractivity contribution in [2.45, 2.75) is 19.8 Å². The van der Waals surface area contributed by atoms with Crippen LogP contribution in [0.1, 0.15) is 39.1 Å². The Labute approximate surface area is 265 Å². The number of benzene rings is 3. The van der Waals surface area contributed by atoms with Crippen LogP contribution in [0.5, 0.6) is 0 Å². The second-order valence-electron chi connectivity index (χ2n) is 10.5. The fraction of sp³-hybridized carbons (Fsp3) is 0.182. The Morgan fingerprint density at radius 3 is 2.21 bits per heavy atom. The zero-order valence-corrected chi connectivity index (χ0v) is 25.9. The molecule has 10 heteroatoms. The van der Waals surface area contributed by atoms with Gasteiger partial charge in [-0.15, -0.1) is 0 Å². The van der Waals surface area contributed by atoms with Crippen LogP contribution in [-0.2, 0) is 14.3 Å². The van der Waals surface area contributed by atoms with Gasteiger partial charge in [0.15, 0.2) is 12.4 Å². The second kappa shape index (κ2) is 11.7. The highest BCUT2D eigenvalue weighted by Gasteiger charge is 2.47. The quantitative estimate of drug-likeness (QED) is 0.0896. The highest BCUT2D eigenvalue weighted by atomic mass is 79.9. The number of nitrogens with zero attached hydrogens (tertiary/aromatic N) is 2. The van der Waals surface area contributed by atoms with Crippen molar-refractivity contribution in [2.24, 2.45) is 11.8 Å². The number of aromatic nitrogens is 1. The number of ketones is 1. The molecule has 2 aliphatic rings. The first-order valence-corrected chi connectivity index (χ1v) is 15.1. The van der Waals surface area contributed by atoms with Gasteiger partial charge in [0.1, 0.15) is 0 Å². The molecule has 1 aliphatic heterocycles. The van der Waals surface area contributed by atoms with Crippen molar-refractivity contribution in [1.82, 2.24) is 4.98 Å². The highest BCUT2D eigenvalue weighted by Crippen LogP contribution is 2.39. The number of halogens is 3. The van der Waals surface area contributed by atoms with E-state index < -0.39 is 12.6 Å². The van der Waals surface area contributed by atoms with Crippen LogP contribution in [0.3, 0.4) is 0 Å². The Balaban J connectivity index is 1.33. The van der Waals surface area contributed by atoms with E-state index in [2.05, 4.69) is 15.9 Å². The summed E-state index contributed by atoms with van der Waals surface area (Å²) < 4.78 is 6.04. The van der Waals surface area contributed by atoms with Crippen LogP contribution in [0.25, 0.3) is 22.2 Å². The lowest BCUT2D eigenvalue weighted by Crippen LogP contribution is -2.30. The number of allylic oxidation sites excluding steroid dienone is 2. The average Bonchev–Trinajstić information content (AvgIpc) is 3.28. The number of amides is 2. The molecule has 1 fully saturated rings. The number of carbonyl (C=O) groups excluding carboxylic acids is 4. The SMILES string of the molecule is Cc1c(Cl)c(Br)cc2c(C(=O)OCC(=O)c3ccc(Cl)cc3)cc(-c3ccc(N4C(=O)C5CC=CCC5C4=O)cc3)nc12. The fourth-order valence-corrected chi connectivity index (χ4v) is 6.34. The summed E-state index contributed by atoms with van der Waals surface area (Å²) in [6.07, 6.45) is 5.03. The molecule has 0 bridgehead atoms. The molecule has 2 heterocycles. The summed E-state index contributed by atoms with van der Waals surface area (Å²) in [7, 11) is 0. The molecule has 3 aromatic carbocycles. The number of hydrogen-bond acceptors (Lipinski definition) is 6. The van der Waals surface area contributed by atoms with E-state index in [4.69, 9.17) is 32.9 Å². The molecule has 0 saturated carbocycles. The van der Waals surface area contributed by atoms with Crippen LogP contribution < -0.4 is 4.90 Å². The lowest BCUT2D eigenvalue weighted by molar-refractivity contribution is -0.122. The van der Waals surface area contributed by atoms with Crippen LogP contribution >= 0.6 is 39.1 Å². The summed E-state index contributed by atoms with van der Waals surface area (Å²) in [5.41, 5.74) is 3.30. The van der Waals surface area contributed by atoms with Crippen LogP contribution in [0.15, 0.2) is 77.3 Å². The van der Waals surface area contributed by atoms with Crippen LogP contribution in [0.2, 0.25) is 10.0 Å². The standard InChI is InChI=1S/C33H23BrCl2N2O5/c1-17-29(36)26(34)14-24-25(33(42)43-16-28(39)19-6-10-20(35)11-7-19)15-27(37-30(17)24)18-8-12-21(13-9-18)38-31(40)22-4-2-3-5-23(22)32(38)41/h2-3,6-15,22-23H,4-5,16H2,1H3. The van der Waals surface area contributed by atoms with Gasteiger partial charge in [-0.1, -0.05) is 47.5 Å². The largest absolute Gasteiger partial charge is 0.454 e. The van der Waals surface area contributed by atoms with Crippen molar-refractivity contribution in [3.63, 3.8) is 0 Å². The van der Waals surface area contributed by atoms with Gasteiger partial charge in [0.25, 0.3) is 0 Å². The van der Waals surface area contributed by atoms with Gasteiger partial charge in [0.2, 0.25) is 11.8 Å². The highest BCUT2D eigenvalue weighted by molar-refractivity contribution is 9.10. The lowest BCUT2D eigenvalue weighted by atomic mass is 9.85. The van der Waals surface area contributed by atoms with E-state index in [9.17, 15) is 19.2 Å². The van der Waals surface area contributed by atoms with E-state index in [1.807, 2.05) is 12.2 Å². The Bertz CT molecular complexity index is 1830. The van der Waals surface area contributed by atoms with Gasteiger partial charge >= 0.3 is 5.97 Å².